The molecule has 0 saturated carbocycles. The summed E-state index contributed by atoms with van der Waals surface area (Å²) in [4.78, 5) is 20.2. The molecule has 0 atom stereocenters. The van der Waals surface area contributed by atoms with Crippen molar-refractivity contribution < 1.29 is 19.8 Å². The SMILES string of the molecule is CCCCCCCCC(=O)O.CCCCCCCCC(=O)O.N.N. The first-order chi connectivity index (χ1) is 10.5. The first-order valence-corrected chi connectivity index (χ1v) is 8.98. The largest absolute Gasteiger partial charge is 0.481 e. The molecule has 0 aliphatic carbocycles. The van der Waals surface area contributed by atoms with Gasteiger partial charge in [-0.05, 0) is 12.8 Å². The Labute approximate surface area is 148 Å². The quantitative estimate of drug-likeness (QED) is 0.284. The van der Waals surface area contributed by atoms with Crippen molar-refractivity contribution >= 4 is 11.9 Å². The predicted octanol–water partition coefficient (Wildman–Crippen LogP) is 5.97. The molecular formula is C18H42N2O4. The van der Waals surface area contributed by atoms with Gasteiger partial charge in [-0.2, -0.15) is 0 Å². The van der Waals surface area contributed by atoms with Crippen molar-refractivity contribution in [3.05, 3.63) is 0 Å². The van der Waals surface area contributed by atoms with Crippen molar-refractivity contribution in [2.75, 3.05) is 0 Å². The summed E-state index contributed by atoms with van der Waals surface area (Å²) in [5.41, 5.74) is 0. The van der Waals surface area contributed by atoms with Crippen LogP contribution in [0.1, 0.15) is 104 Å². The highest BCUT2D eigenvalue weighted by Gasteiger charge is 1.96. The molecule has 0 saturated heterocycles. The Bertz CT molecular complexity index is 235. The third kappa shape index (κ3) is 37.3. The number of hydrogen-bond donors (Lipinski definition) is 4. The number of carboxylic acids is 2. The van der Waals surface area contributed by atoms with Gasteiger partial charge in [-0.15, -0.1) is 0 Å². The Morgan fingerprint density at radius 3 is 1.04 bits per heavy atom. The number of aliphatic carboxylic acids is 2. The summed E-state index contributed by atoms with van der Waals surface area (Å²) in [5.74, 6) is -1.33. The molecule has 0 aromatic carbocycles. The maximum atomic E-state index is 10.1. The molecule has 6 nitrogen and oxygen atoms in total. The average molecular weight is 351 g/mol. The first-order valence-electron chi connectivity index (χ1n) is 8.98. The number of carbonyl (C=O) groups is 2. The van der Waals surface area contributed by atoms with E-state index < -0.39 is 11.9 Å². The fourth-order valence-electron chi connectivity index (χ4n) is 2.11. The molecule has 0 radical (unpaired) electrons. The van der Waals surface area contributed by atoms with E-state index in [-0.39, 0.29) is 12.3 Å². The topological polar surface area (TPSA) is 145 Å². The van der Waals surface area contributed by atoms with E-state index in [2.05, 4.69) is 13.8 Å². The van der Waals surface area contributed by atoms with Crippen molar-refractivity contribution in [1.82, 2.24) is 12.3 Å². The molecule has 6 heteroatoms. The van der Waals surface area contributed by atoms with Crippen LogP contribution in [0.25, 0.3) is 0 Å². The van der Waals surface area contributed by atoms with Crippen molar-refractivity contribution in [3.63, 3.8) is 0 Å². The zero-order chi connectivity index (χ0) is 17.1. The molecule has 0 heterocycles. The molecule has 148 valence electrons. The maximum Gasteiger partial charge on any atom is 0.303 e. The van der Waals surface area contributed by atoms with E-state index in [0.717, 1.165) is 25.7 Å². The average Bonchev–Trinajstić information content (AvgIpc) is 2.46. The minimum Gasteiger partial charge on any atom is -0.481 e. The highest BCUT2D eigenvalue weighted by Crippen LogP contribution is 2.07. The van der Waals surface area contributed by atoms with E-state index >= 15 is 0 Å². The first kappa shape index (κ1) is 30.7. The molecule has 0 amide bonds. The summed E-state index contributed by atoms with van der Waals surface area (Å²) >= 11 is 0. The van der Waals surface area contributed by atoms with Crippen LogP contribution in [0.5, 0.6) is 0 Å². The van der Waals surface area contributed by atoms with Crippen LogP contribution < -0.4 is 12.3 Å². The zero-order valence-electron chi connectivity index (χ0n) is 16.0. The van der Waals surface area contributed by atoms with Gasteiger partial charge < -0.3 is 22.5 Å². The molecule has 0 rings (SSSR count). The molecule has 0 aromatic rings. The molecule has 0 bridgehead atoms. The molecule has 0 aliphatic rings. The maximum absolute atomic E-state index is 10.1. The lowest BCUT2D eigenvalue weighted by atomic mass is 10.1. The van der Waals surface area contributed by atoms with E-state index in [1.807, 2.05) is 0 Å². The van der Waals surface area contributed by atoms with E-state index in [1.165, 1.54) is 51.4 Å². The Morgan fingerprint density at radius 2 is 0.792 bits per heavy atom. The third-order valence-corrected chi connectivity index (χ3v) is 3.49. The zero-order valence-corrected chi connectivity index (χ0v) is 16.0. The van der Waals surface area contributed by atoms with Gasteiger partial charge in [-0.3, -0.25) is 9.59 Å². The van der Waals surface area contributed by atoms with Gasteiger partial charge in [0, 0.05) is 12.8 Å². The minimum absolute atomic E-state index is 0. The Hall–Kier alpha value is -1.14. The van der Waals surface area contributed by atoms with E-state index in [1.54, 1.807) is 0 Å². The summed E-state index contributed by atoms with van der Waals surface area (Å²) in [5, 5.41) is 16.6. The van der Waals surface area contributed by atoms with Crippen LogP contribution in [0, 0.1) is 0 Å². The molecule has 8 N–H and O–H groups in total. The van der Waals surface area contributed by atoms with Gasteiger partial charge in [0.2, 0.25) is 0 Å². The number of unbranched alkanes of at least 4 members (excludes halogenated alkanes) is 10. The van der Waals surface area contributed by atoms with Crippen LogP contribution in [0.3, 0.4) is 0 Å². The van der Waals surface area contributed by atoms with Gasteiger partial charge in [0.1, 0.15) is 0 Å². The highest BCUT2D eigenvalue weighted by atomic mass is 16.4. The Balaban J connectivity index is -0.000000154. The molecule has 0 spiro atoms. The summed E-state index contributed by atoms with van der Waals surface area (Å²) in [6, 6.07) is 0. The molecule has 0 aromatic heterocycles. The third-order valence-electron chi connectivity index (χ3n) is 3.49. The highest BCUT2D eigenvalue weighted by molar-refractivity contribution is 5.66. The lowest BCUT2D eigenvalue weighted by Gasteiger charge is -1.97. The number of hydrogen-bond acceptors (Lipinski definition) is 4. The second-order valence-corrected chi connectivity index (χ2v) is 5.82. The van der Waals surface area contributed by atoms with Gasteiger partial charge in [-0.25, -0.2) is 0 Å². The molecular weight excluding hydrogens is 308 g/mol. The summed E-state index contributed by atoms with van der Waals surface area (Å²) in [7, 11) is 0. The molecule has 24 heavy (non-hydrogen) atoms. The minimum atomic E-state index is -0.666. The smallest absolute Gasteiger partial charge is 0.303 e. The fraction of sp³-hybridized carbons (Fsp3) is 0.889. The predicted molar refractivity (Wildman–Crippen MR) is 101 cm³/mol. The Kier molecular flexibility index (Phi) is 34.2. The monoisotopic (exact) mass is 350 g/mol. The number of rotatable bonds is 14. The van der Waals surface area contributed by atoms with E-state index in [4.69, 9.17) is 10.2 Å². The van der Waals surface area contributed by atoms with Gasteiger partial charge in [0.15, 0.2) is 0 Å². The second-order valence-electron chi connectivity index (χ2n) is 5.82. The van der Waals surface area contributed by atoms with Crippen LogP contribution in [-0.2, 0) is 9.59 Å². The van der Waals surface area contributed by atoms with Crippen LogP contribution in [-0.4, -0.2) is 22.2 Å². The van der Waals surface area contributed by atoms with Crippen LogP contribution in [0.2, 0.25) is 0 Å². The normalized spacial score (nSPS) is 9.08. The molecule has 0 fully saturated rings. The van der Waals surface area contributed by atoms with Crippen molar-refractivity contribution in [2.24, 2.45) is 0 Å². The Morgan fingerprint density at radius 1 is 0.542 bits per heavy atom. The number of carboxylic acid groups (broad SMARTS) is 2. The standard InChI is InChI=1S/2C9H18O2.2H3N/c2*1-2-3-4-5-6-7-8-9(10)11;;/h2*2-8H2,1H3,(H,10,11);2*1H3. The molecule has 0 unspecified atom stereocenters. The summed E-state index contributed by atoms with van der Waals surface area (Å²) in [6.07, 6.45) is 14.5. The second kappa shape index (κ2) is 26.7. The van der Waals surface area contributed by atoms with Crippen LogP contribution in [0.4, 0.5) is 0 Å². The van der Waals surface area contributed by atoms with Crippen molar-refractivity contribution in [1.29, 1.82) is 0 Å². The summed E-state index contributed by atoms with van der Waals surface area (Å²) in [6.45, 7) is 4.36. The summed E-state index contributed by atoms with van der Waals surface area (Å²) < 4.78 is 0. The lowest BCUT2D eigenvalue weighted by molar-refractivity contribution is -0.138. The van der Waals surface area contributed by atoms with Gasteiger partial charge in [-0.1, -0.05) is 78.1 Å². The van der Waals surface area contributed by atoms with E-state index in [0.29, 0.717) is 12.8 Å². The van der Waals surface area contributed by atoms with Gasteiger partial charge >= 0.3 is 11.9 Å². The van der Waals surface area contributed by atoms with Gasteiger partial charge in [0.25, 0.3) is 0 Å². The van der Waals surface area contributed by atoms with Crippen LogP contribution >= 0.6 is 0 Å². The lowest BCUT2D eigenvalue weighted by Crippen LogP contribution is -1.93. The van der Waals surface area contributed by atoms with Crippen molar-refractivity contribution in [3.8, 4) is 0 Å². The van der Waals surface area contributed by atoms with Crippen molar-refractivity contribution in [2.45, 2.75) is 104 Å². The van der Waals surface area contributed by atoms with Crippen LogP contribution in [0.15, 0.2) is 0 Å². The fourth-order valence-corrected chi connectivity index (χ4v) is 2.11. The van der Waals surface area contributed by atoms with Gasteiger partial charge in [0.05, 0.1) is 0 Å². The van der Waals surface area contributed by atoms with E-state index in [9.17, 15) is 9.59 Å². The molecule has 0 aliphatic heterocycles.